The third-order valence-electron chi connectivity index (χ3n) is 6.26. The Labute approximate surface area is 194 Å². The van der Waals surface area contributed by atoms with E-state index >= 15 is 0 Å². The van der Waals surface area contributed by atoms with Gasteiger partial charge in [-0.2, -0.15) is 0 Å². The van der Waals surface area contributed by atoms with Crippen LogP contribution in [0.4, 0.5) is 0 Å². The number of nitrogens with zero attached hydrogens (tertiary/aromatic N) is 1. The Morgan fingerprint density at radius 1 is 1.15 bits per heavy atom. The highest BCUT2D eigenvalue weighted by atomic mass is 16.5. The summed E-state index contributed by atoms with van der Waals surface area (Å²) in [5, 5.41) is 9.15. The fourth-order valence-corrected chi connectivity index (χ4v) is 4.35. The standard InChI is InChI=1S/C27H30N2O4/c1-18-6-3-4-8-25(18)33-22-11-9-20(10-12-22)16-26(30)29-13-5-7-24(29)23-15-21(17-28-23)14-19(2)27(31)32/h3-4,6,8-12,15,17,19,24,28H,5,7,13-14,16H2,1-2H3,(H,31,32). The van der Waals surface area contributed by atoms with Crippen LogP contribution in [-0.2, 0) is 22.4 Å². The predicted molar refractivity (Wildman–Crippen MR) is 126 cm³/mol. The zero-order chi connectivity index (χ0) is 23.4. The summed E-state index contributed by atoms with van der Waals surface area (Å²) in [6, 6.07) is 17.6. The number of rotatable bonds is 8. The van der Waals surface area contributed by atoms with Crippen LogP contribution in [-0.4, -0.2) is 33.4 Å². The molecule has 1 aromatic heterocycles. The van der Waals surface area contributed by atoms with Gasteiger partial charge in [-0.1, -0.05) is 37.3 Å². The van der Waals surface area contributed by atoms with E-state index in [1.54, 1.807) is 6.92 Å². The second kappa shape index (κ2) is 9.94. The smallest absolute Gasteiger partial charge is 0.306 e. The van der Waals surface area contributed by atoms with E-state index in [0.29, 0.717) is 12.8 Å². The number of benzene rings is 2. The summed E-state index contributed by atoms with van der Waals surface area (Å²) in [5.74, 6) is 0.428. The van der Waals surface area contributed by atoms with Crippen LogP contribution >= 0.6 is 0 Å². The van der Waals surface area contributed by atoms with Gasteiger partial charge in [0.15, 0.2) is 0 Å². The molecule has 6 heteroatoms. The monoisotopic (exact) mass is 446 g/mol. The molecule has 1 saturated heterocycles. The Morgan fingerprint density at radius 3 is 2.64 bits per heavy atom. The summed E-state index contributed by atoms with van der Waals surface area (Å²) in [5.41, 5.74) is 3.96. The van der Waals surface area contributed by atoms with Crippen molar-refractivity contribution in [2.45, 2.75) is 45.6 Å². The lowest BCUT2D eigenvalue weighted by molar-refractivity contribution is -0.141. The number of amides is 1. The molecule has 0 spiro atoms. The molecule has 172 valence electrons. The average Bonchev–Trinajstić information content (AvgIpc) is 3.46. The van der Waals surface area contributed by atoms with Crippen LogP contribution in [0.1, 0.15) is 48.2 Å². The molecule has 1 aliphatic heterocycles. The first-order valence-corrected chi connectivity index (χ1v) is 11.4. The summed E-state index contributed by atoms with van der Waals surface area (Å²) in [7, 11) is 0. The van der Waals surface area contributed by atoms with E-state index in [0.717, 1.165) is 53.3 Å². The van der Waals surface area contributed by atoms with Gasteiger partial charge in [0.1, 0.15) is 11.5 Å². The van der Waals surface area contributed by atoms with Crippen molar-refractivity contribution in [3.63, 3.8) is 0 Å². The number of aliphatic carboxylic acids is 1. The number of ether oxygens (including phenoxy) is 1. The molecule has 0 bridgehead atoms. The normalized spacial score (nSPS) is 16.5. The summed E-state index contributed by atoms with van der Waals surface area (Å²) < 4.78 is 5.95. The number of carbonyl (C=O) groups excluding carboxylic acids is 1. The number of carboxylic acids is 1. The Morgan fingerprint density at radius 2 is 1.91 bits per heavy atom. The van der Waals surface area contributed by atoms with Crippen LogP contribution in [0.3, 0.4) is 0 Å². The number of nitrogens with one attached hydrogen (secondary N) is 1. The molecular formula is C27H30N2O4. The molecule has 0 saturated carbocycles. The van der Waals surface area contributed by atoms with Crippen LogP contribution in [0.25, 0.3) is 0 Å². The molecular weight excluding hydrogens is 416 g/mol. The van der Waals surface area contributed by atoms with Gasteiger partial charge in [-0.25, -0.2) is 0 Å². The Hall–Kier alpha value is -3.54. The third kappa shape index (κ3) is 5.45. The van der Waals surface area contributed by atoms with Crippen molar-refractivity contribution in [2.24, 2.45) is 5.92 Å². The number of likely N-dealkylation sites (tertiary alicyclic amines) is 1. The number of aromatic nitrogens is 1. The molecule has 3 aromatic rings. The number of aryl methyl sites for hydroxylation is 1. The van der Waals surface area contributed by atoms with Gasteiger partial charge < -0.3 is 19.7 Å². The molecule has 6 nitrogen and oxygen atoms in total. The first kappa shape index (κ1) is 22.6. The zero-order valence-corrected chi connectivity index (χ0v) is 19.1. The molecule has 2 aromatic carbocycles. The van der Waals surface area contributed by atoms with Gasteiger partial charge in [0.05, 0.1) is 18.4 Å². The van der Waals surface area contributed by atoms with Crippen LogP contribution in [0, 0.1) is 12.8 Å². The first-order chi connectivity index (χ1) is 15.9. The SMILES string of the molecule is Cc1ccccc1Oc1ccc(CC(=O)N2CCCC2c2cc(CC(C)C(=O)O)c[nH]2)cc1. The van der Waals surface area contributed by atoms with E-state index in [9.17, 15) is 9.59 Å². The van der Waals surface area contributed by atoms with Crippen molar-refractivity contribution >= 4 is 11.9 Å². The van der Waals surface area contributed by atoms with Crippen LogP contribution in [0.2, 0.25) is 0 Å². The fourth-order valence-electron chi connectivity index (χ4n) is 4.35. The Balaban J connectivity index is 1.38. The number of para-hydroxylation sites is 1. The number of aromatic amines is 1. The van der Waals surface area contributed by atoms with Gasteiger partial charge in [0, 0.05) is 18.4 Å². The number of carbonyl (C=O) groups is 2. The molecule has 33 heavy (non-hydrogen) atoms. The predicted octanol–water partition coefficient (Wildman–Crippen LogP) is 5.28. The maximum atomic E-state index is 13.1. The lowest BCUT2D eigenvalue weighted by Gasteiger charge is -2.24. The van der Waals surface area contributed by atoms with Gasteiger partial charge in [0.25, 0.3) is 0 Å². The van der Waals surface area contributed by atoms with Crippen LogP contribution < -0.4 is 4.74 Å². The maximum Gasteiger partial charge on any atom is 0.306 e. The topological polar surface area (TPSA) is 82.6 Å². The van der Waals surface area contributed by atoms with Gasteiger partial charge >= 0.3 is 5.97 Å². The minimum Gasteiger partial charge on any atom is -0.481 e. The third-order valence-corrected chi connectivity index (χ3v) is 6.26. The van der Waals surface area contributed by atoms with E-state index in [4.69, 9.17) is 9.84 Å². The van der Waals surface area contributed by atoms with Crippen LogP contribution in [0.5, 0.6) is 11.5 Å². The molecule has 0 radical (unpaired) electrons. The van der Waals surface area contributed by atoms with E-state index in [-0.39, 0.29) is 11.9 Å². The van der Waals surface area contributed by atoms with Gasteiger partial charge in [0.2, 0.25) is 5.91 Å². The van der Waals surface area contributed by atoms with Crippen molar-refractivity contribution < 1.29 is 19.4 Å². The molecule has 2 heterocycles. The highest BCUT2D eigenvalue weighted by Gasteiger charge is 2.31. The van der Waals surface area contributed by atoms with E-state index in [2.05, 4.69) is 4.98 Å². The Kier molecular flexibility index (Phi) is 6.82. The lowest BCUT2D eigenvalue weighted by atomic mass is 10.0. The first-order valence-electron chi connectivity index (χ1n) is 11.4. The van der Waals surface area contributed by atoms with Crippen molar-refractivity contribution in [1.82, 2.24) is 9.88 Å². The number of carboxylic acid groups (broad SMARTS) is 1. The molecule has 2 unspecified atom stereocenters. The van der Waals surface area contributed by atoms with E-state index < -0.39 is 11.9 Å². The second-order valence-electron chi connectivity index (χ2n) is 8.84. The summed E-state index contributed by atoms with van der Waals surface area (Å²) in [6.07, 6.45) is 4.54. The molecule has 2 atom stereocenters. The molecule has 0 aliphatic carbocycles. The lowest BCUT2D eigenvalue weighted by Crippen LogP contribution is -2.32. The minimum absolute atomic E-state index is 0.00930. The van der Waals surface area contributed by atoms with Gasteiger partial charge in [-0.15, -0.1) is 0 Å². The van der Waals surface area contributed by atoms with Gasteiger partial charge in [-0.05, 0) is 67.1 Å². The van der Waals surface area contributed by atoms with Crippen molar-refractivity contribution in [2.75, 3.05) is 6.54 Å². The van der Waals surface area contributed by atoms with Crippen molar-refractivity contribution in [3.8, 4) is 11.5 Å². The average molecular weight is 447 g/mol. The van der Waals surface area contributed by atoms with Gasteiger partial charge in [-0.3, -0.25) is 9.59 Å². The molecule has 4 rings (SSSR count). The maximum absolute atomic E-state index is 13.1. The zero-order valence-electron chi connectivity index (χ0n) is 19.1. The fraction of sp³-hybridized carbons (Fsp3) is 0.333. The highest BCUT2D eigenvalue weighted by Crippen LogP contribution is 2.33. The number of hydrogen-bond acceptors (Lipinski definition) is 3. The number of H-pyrrole nitrogens is 1. The largest absolute Gasteiger partial charge is 0.481 e. The molecule has 2 N–H and O–H groups in total. The highest BCUT2D eigenvalue weighted by molar-refractivity contribution is 5.79. The Bertz CT molecular complexity index is 1120. The molecule has 1 aliphatic rings. The quantitative estimate of drug-likeness (QED) is 0.493. The van der Waals surface area contributed by atoms with Crippen molar-refractivity contribution in [1.29, 1.82) is 0 Å². The summed E-state index contributed by atoms with van der Waals surface area (Å²) in [6.45, 7) is 4.45. The summed E-state index contributed by atoms with van der Waals surface area (Å²) >= 11 is 0. The van der Waals surface area contributed by atoms with E-state index in [1.807, 2.05) is 72.6 Å². The molecule has 1 amide bonds. The van der Waals surface area contributed by atoms with Crippen molar-refractivity contribution in [3.05, 3.63) is 83.2 Å². The number of hydrogen-bond donors (Lipinski definition) is 2. The van der Waals surface area contributed by atoms with Crippen LogP contribution in [0.15, 0.2) is 60.8 Å². The molecule has 1 fully saturated rings. The summed E-state index contributed by atoms with van der Waals surface area (Å²) in [4.78, 5) is 29.4. The van der Waals surface area contributed by atoms with E-state index in [1.165, 1.54) is 0 Å². The second-order valence-corrected chi connectivity index (χ2v) is 8.84. The minimum atomic E-state index is -0.800.